The Hall–Kier alpha value is -1.59. The molecule has 1 aliphatic carbocycles. The summed E-state index contributed by atoms with van der Waals surface area (Å²) in [6.07, 6.45) is -2.26. The van der Waals surface area contributed by atoms with Crippen LogP contribution in [0.5, 0.6) is 5.75 Å². The van der Waals surface area contributed by atoms with Gasteiger partial charge in [0.1, 0.15) is 5.75 Å². The third-order valence-corrected chi connectivity index (χ3v) is 4.13. The summed E-state index contributed by atoms with van der Waals surface area (Å²) in [4.78, 5) is 10.9. The van der Waals surface area contributed by atoms with Crippen molar-refractivity contribution in [3.63, 3.8) is 0 Å². The Kier molecular flexibility index (Phi) is 3.78. The predicted molar refractivity (Wildman–Crippen MR) is 69.7 cm³/mol. The molecular weight excluding hydrogens is 246 g/mol. The molecule has 5 nitrogen and oxygen atoms in total. The molecule has 4 unspecified atom stereocenters. The molecule has 1 amide bonds. The fourth-order valence-electron chi connectivity index (χ4n) is 2.80. The standard InChI is InChI=1S/C14H19NO4/c1-7-8(2)13(17)11(12(7)16)9-5-3-4-6-10(9)19-14(15)18/h3-8,11-13,16-17H,1-2H3,(H2,15,18). The zero-order valence-electron chi connectivity index (χ0n) is 11.0. The lowest BCUT2D eigenvalue weighted by molar-refractivity contribution is 0.0924. The van der Waals surface area contributed by atoms with Gasteiger partial charge in [0.25, 0.3) is 0 Å². The van der Waals surface area contributed by atoms with Crippen LogP contribution < -0.4 is 10.5 Å². The minimum Gasteiger partial charge on any atom is -0.410 e. The van der Waals surface area contributed by atoms with E-state index in [1.165, 1.54) is 0 Å². The minimum absolute atomic E-state index is 0.0263. The van der Waals surface area contributed by atoms with Gasteiger partial charge in [-0.2, -0.15) is 0 Å². The first-order valence-corrected chi connectivity index (χ1v) is 6.35. The van der Waals surface area contributed by atoms with Gasteiger partial charge in [0, 0.05) is 11.5 Å². The molecule has 1 saturated carbocycles. The van der Waals surface area contributed by atoms with Crippen molar-refractivity contribution in [1.29, 1.82) is 0 Å². The topological polar surface area (TPSA) is 92.8 Å². The third kappa shape index (κ3) is 2.43. The summed E-state index contributed by atoms with van der Waals surface area (Å²) >= 11 is 0. The molecule has 19 heavy (non-hydrogen) atoms. The van der Waals surface area contributed by atoms with Gasteiger partial charge < -0.3 is 20.7 Å². The third-order valence-electron chi connectivity index (χ3n) is 4.13. The van der Waals surface area contributed by atoms with Crippen LogP contribution in [0, 0.1) is 11.8 Å². The smallest absolute Gasteiger partial charge is 0.409 e. The highest BCUT2D eigenvalue weighted by Gasteiger charge is 2.46. The first-order valence-electron chi connectivity index (χ1n) is 6.35. The minimum atomic E-state index is -0.907. The Morgan fingerprint density at radius 3 is 2.21 bits per heavy atom. The van der Waals surface area contributed by atoms with Gasteiger partial charge in [0.2, 0.25) is 0 Å². The summed E-state index contributed by atoms with van der Waals surface area (Å²) < 4.78 is 4.94. The Bertz CT molecular complexity index is 462. The Labute approximate surface area is 112 Å². The maximum atomic E-state index is 10.9. The molecule has 0 heterocycles. The van der Waals surface area contributed by atoms with Crippen LogP contribution in [0.15, 0.2) is 24.3 Å². The molecule has 0 spiro atoms. The molecule has 0 radical (unpaired) electrons. The van der Waals surface area contributed by atoms with E-state index in [0.29, 0.717) is 11.3 Å². The number of aliphatic hydroxyl groups excluding tert-OH is 2. The van der Waals surface area contributed by atoms with Gasteiger partial charge >= 0.3 is 6.09 Å². The quantitative estimate of drug-likeness (QED) is 0.750. The lowest BCUT2D eigenvalue weighted by atomic mass is 9.91. The molecular formula is C14H19NO4. The lowest BCUT2D eigenvalue weighted by Crippen LogP contribution is -2.25. The molecule has 0 saturated heterocycles. The highest BCUT2D eigenvalue weighted by molar-refractivity contribution is 5.68. The maximum Gasteiger partial charge on any atom is 0.409 e. The largest absolute Gasteiger partial charge is 0.410 e. The summed E-state index contributed by atoms with van der Waals surface area (Å²) in [5.74, 6) is -0.233. The summed E-state index contributed by atoms with van der Waals surface area (Å²) in [5, 5.41) is 20.6. The number of primary amides is 1. The molecule has 104 valence electrons. The highest BCUT2D eigenvalue weighted by atomic mass is 16.5. The number of nitrogens with two attached hydrogens (primary N) is 1. The van der Waals surface area contributed by atoms with Crippen molar-refractivity contribution in [3.8, 4) is 5.75 Å². The monoisotopic (exact) mass is 265 g/mol. The molecule has 1 aliphatic rings. The number of aliphatic hydroxyl groups is 2. The van der Waals surface area contributed by atoms with Crippen molar-refractivity contribution in [1.82, 2.24) is 0 Å². The lowest BCUT2D eigenvalue weighted by Gasteiger charge is -2.22. The first kappa shape index (κ1) is 13.8. The van der Waals surface area contributed by atoms with E-state index in [1.807, 2.05) is 13.8 Å². The molecule has 0 bridgehead atoms. The van der Waals surface area contributed by atoms with E-state index in [4.69, 9.17) is 10.5 Å². The predicted octanol–water partition coefficient (Wildman–Crippen LogP) is 1.24. The number of ether oxygens (including phenoxy) is 1. The van der Waals surface area contributed by atoms with E-state index in [-0.39, 0.29) is 11.8 Å². The zero-order chi connectivity index (χ0) is 14.2. The van der Waals surface area contributed by atoms with Crippen molar-refractivity contribution in [3.05, 3.63) is 29.8 Å². The van der Waals surface area contributed by atoms with E-state index >= 15 is 0 Å². The molecule has 5 heteroatoms. The average Bonchev–Trinajstić information content (AvgIpc) is 2.55. The van der Waals surface area contributed by atoms with Gasteiger partial charge in [-0.3, -0.25) is 0 Å². The van der Waals surface area contributed by atoms with Crippen molar-refractivity contribution >= 4 is 6.09 Å². The van der Waals surface area contributed by atoms with Crippen LogP contribution in [-0.4, -0.2) is 28.5 Å². The molecule has 1 fully saturated rings. The number of para-hydroxylation sites is 1. The molecule has 0 aliphatic heterocycles. The van der Waals surface area contributed by atoms with Crippen molar-refractivity contribution in [2.24, 2.45) is 17.6 Å². The Balaban J connectivity index is 2.39. The van der Waals surface area contributed by atoms with E-state index < -0.39 is 24.2 Å². The molecule has 1 aromatic rings. The van der Waals surface area contributed by atoms with Gasteiger partial charge in [0.15, 0.2) is 0 Å². The summed E-state index contributed by atoms with van der Waals surface area (Å²) in [7, 11) is 0. The Morgan fingerprint density at radius 1 is 1.16 bits per heavy atom. The van der Waals surface area contributed by atoms with E-state index in [1.54, 1.807) is 24.3 Å². The fourth-order valence-corrected chi connectivity index (χ4v) is 2.80. The second-order valence-electron chi connectivity index (χ2n) is 5.18. The normalized spacial score (nSPS) is 34.2. The maximum absolute atomic E-state index is 10.9. The number of amides is 1. The Morgan fingerprint density at radius 2 is 1.68 bits per heavy atom. The van der Waals surface area contributed by atoms with Gasteiger partial charge in [-0.15, -0.1) is 0 Å². The van der Waals surface area contributed by atoms with Crippen LogP contribution in [-0.2, 0) is 0 Å². The van der Waals surface area contributed by atoms with Crippen molar-refractivity contribution in [2.75, 3.05) is 0 Å². The summed E-state index contributed by atoms with van der Waals surface area (Å²) in [6, 6.07) is 6.83. The van der Waals surface area contributed by atoms with Crippen molar-refractivity contribution in [2.45, 2.75) is 32.0 Å². The number of carbonyl (C=O) groups is 1. The second-order valence-corrected chi connectivity index (χ2v) is 5.18. The van der Waals surface area contributed by atoms with Crippen molar-refractivity contribution < 1.29 is 19.7 Å². The molecule has 4 atom stereocenters. The van der Waals surface area contributed by atoms with E-state index in [0.717, 1.165) is 0 Å². The van der Waals surface area contributed by atoms with Gasteiger partial charge in [-0.25, -0.2) is 4.79 Å². The van der Waals surface area contributed by atoms with Crippen LogP contribution >= 0.6 is 0 Å². The van der Waals surface area contributed by atoms with Crippen LogP contribution in [0.25, 0.3) is 0 Å². The fraction of sp³-hybridized carbons (Fsp3) is 0.500. The molecule has 1 aromatic carbocycles. The SMILES string of the molecule is CC1C(C)C(O)C(c2ccccc2OC(N)=O)C1O. The summed E-state index contributed by atoms with van der Waals surface area (Å²) in [6.45, 7) is 3.80. The molecule has 2 rings (SSSR count). The van der Waals surface area contributed by atoms with Crippen LogP contribution in [0.3, 0.4) is 0 Å². The number of hydrogen-bond donors (Lipinski definition) is 3. The first-order chi connectivity index (χ1) is 8.93. The van der Waals surface area contributed by atoms with Gasteiger partial charge in [-0.05, 0) is 17.9 Å². The zero-order valence-corrected chi connectivity index (χ0v) is 11.0. The number of benzene rings is 1. The second kappa shape index (κ2) is 5.19. The molecule has 0 aromatic heterocycles. The van der Waals surface area contributed by atoms with E-state index in [9.17, 15) is 15.0 Å². The van der Waals surface area contributed by atoms with Crippen LogP contribution in [0.2, 0.25) is 0 Å². The average molecular weight is 265 g/mol. The van der Waals surface area contributed by atoms with Crippen LogP contribution in [0.4, 0.5) is 4.79 Å². The summed E-state index contributed by atoms with van der Waals surface area (Å²) in [5.41, 5.74) is 5.64. The molecule has 4 N–H and O–H groups in total. The van der Waals surface area contributed by atoms with Gasteiger partial charge in [0.05, 0.1) is 12.2 Å². The highest BCUT2D eigenvalue weighted by Crippen LogP contribution is 2.45. The van der Waals surface area contributed by atoms with Gasteiger partial charge in [-0.1, -0.05) is 32.0 Å². The number of carbonyl (C=O) groups excluding carboxylic acids is 1. The number of hydrogen-bond acceptors (Lipinski definition) is 4. The van der Waals surface area contributed by atoms with E-state index in [2.05, 4.69) is 0 Å². The number of rotatable bonds is 2. The van der Waals surface area contributed by atoms with Crippen LogP contribution in [0.1, 0.15) is 25.3 Å².